The highest BCUT2D eigenvalue weighted by Gasteiger charge is 1.98. The van der Waals surface area contributed by atoms with E-state index in [1.807, 2.05) is 12.2 Å². The van der Waals surface area contributed by atoms with E-state index in [2.05, 4.69) is 73.8 Å². The largest absolute Gasteiger partial charge is 0.0984 e. The SMILES string of the molecule is C=Cc1c2cccc1ccc1cccc(cc2)c1C=C. The van der Waals surface area contributed by atoms with Gasteiger partial charge in [-0.3, -0.25) is 0 Å². The molecule has 0 aliphatic carbocycles. The maximum atomic E-state index is 3.94. The first kappa shape index (κ1) is 12.4. The van der Waals surface area contributed by atoms with Crippen LogP contribution in [0.2, 0.25) is 0 Å². The molecule has 0 saturated carbocycles. The van der Waals surface area contributed by atoms with E-state index in [1.165, 1.54) is 32.7 Å². The van der Waals surface area contributed by atoms with E-state index >= 15 is 0 Å². The van der Waals surface area contributed by atoms with E-state index in [-0.39, 0.29) is 0 Å². The molecule has 20 heavy (non-hydrogen) atoms. The molecule has 0 N–H and O–H groups in total. The quantitative estimate of drug-likeness (QED) is 0.540. The van der Waals surface area contributed by atoms with Crippen molar-refractivity contribution in [1.29, 1.82) is 0 Å². The summed E-state index contributed by atoms with van der Waals surface area (Å²) in [4.78, 5) is 0. The van der Waals surface area contributed by atoms with E-state index in [0.717, 1.165) is 0 Å². The van der Waals surface area contributed by atoms with Crippen molar-refractivity contribution in [2.24, 2.45) is 0 Å². The monoisotopic (exact) mass is 256 g/mol. The van der Waals surface area contributed by atoms with E-state index in [1.54, 1.807) is 0 Å². The molecular formula is C20H16. The molecule has 0 heteroatoms. The molecule has 0 fully saturated rings. The second-order valence-corrected chi connectivity index (χ2v) is 4.78. The molecule has 0 aliphatic heterocycles. The molecule has 0 heterocycles. The van der Waals surface area contributed by atoms with Crippen molar-refractivity contribution in [2.45, 2.75) is 0 Å². The first-order valence-electron chi connectivity index (χ1n) is 6.70. The number of fused-ring (bicyclic) bond motifs is 4. The normalized spacial score (nSPS) is 10.4. The van der Waals surface area contributed by atoms with Crippen LogP contribution < -0.4 is 0 Å². The second-order valence-electron chi connectivity index (χ2n) is 4.78. The summed E-state index contributed by atoms with van der Waals surface area (Å²) in [5, 5.41) is 4.74. The van der Waals surface area contributed by atoms with Crippen LogP contribution in [0, 0.1) is 0 Å². The van der Waals surface area contributed by atoms with Crippen molar-refractivity contribution in [2.75, 3.05) is 0 Å². The molecule has 0 saturated heterocycles. The number of hydrogen-bond acceptors (Lipinski definition) is 0. The highest BCUT2D eigenvalue weighted by molar-refractivity contribution is 5.89. The van der Waals surface area contributed by atoms with Gasteiger partial charge < -0.3 is 0 Å². The van der Waals surface area contributed by atoms with Crippen molar-refractivity contribution in [3.8, 4) is 0 Å². The summed E-state index contributed by atoms with van der Waals surface area (Å²) in [6.07, 6.45) is 3.84. The molecule has 0 unspecified atom stereocenters. The van der Waals surface area contributed by atoms with E-state index < -0.39 is 0 Å². The molecule has 0 aromatic heterocycles. The smallest absolute Gasteiger partial charge is 0.0117 e. The molecule has 0 radical (unpaired) electrons. The van der Waals surface area contributed by atoms with Crippen molar-refractivity contribution < 1.29 is 0 Å². The summed E-state index contributed by atoms with van der Waals surface area (Å²) < 4.78 is 0. The highest BCUT2D eigenvalue weighted by Crippen LogP contribution is 2.22. The lowest BCUT2D eigenvalue weighted by atomic mass is 10.0. The van der Waals surface area contributed by atoms with Crippen LogP contribution in [0.3, 0.4) is 0 Å². The molecule has 3 aromatic rings. The molecule has 0 spiro atoms. The summed E-state index contributed by atoms with van der Waals surface area (Å²) in [6.45, 7) is 7.88. The zero-order valence-corrected chi connectivity index (χ0v) is 11.3. The van der Waals surface area contributed by atoms with Crippen LogP contribution in [0.5, 0.6) is 0 Å². The van der Waals surface area contributed by atoms with Crippen LogP contribution in [0.4, 0.5) is 0 Å². The Kier molecular flexibility index (Phi) is 3.22. The third kappa shape index (κ3) is 2.06. The fourth-order valence-electron chi connectivity index (χ4n) is 2.62. The Morgan fingerprint density at radius 3 is 1.05 bits per heavy atom. The molecule has 0 nitrogen and oxygen atoms in total. The van der Waals surface area contributed by atoms with Crippen LogP contribution in [-0.4, -0.2) is 0 Å². The lowest BCUT2D eigenvalue weighted by Gasteiger charge is -2.03. The average Bonchev–Trinajstić information content (AvgIpc) is 2.49. The Morgan fingerprint density at radius 2 is 0.800 bits per heavy atom. The molecule has 4 bridgehead atoms. The minimum absolute atomic E-state index is 1.17. The van der Waals surface area contributed by atoms with Gasteiger partial charge >= 0.3 is 0 Å². The zero-order chi connectivity index (χ0) is 13.9. The van der Waals surface area contributed by atoms with Gasteiger partial charge in [0.2, 0.25) is 0 Å². The van der Waals surface area contributed by atoms with Gasteiger partial charge in [0.15, 0.2) is 0 Å². The average molecular weight is 256 g/mol. The van der Waals surface area contributed by atoms with Gasteiger partial charge in [-0.25, -0.2) is 0 Å². The van der Waals surface area contributed by atoms with Crippen molar-refractivity contribution in [3.05, 3.63) is 84.9 Å². The Labute approximate surface area is 119 Å². The molecule has 0 atom stereocenters. The van der Waals surface area contributed by atoms with Gasteiger partial charge in [0.25, 0.3) is 0 Å². The van der Waals surface area contributed by atoms with Crippen LogP contribution >= 0.6 is 0 Å². The molecule has 0 aliphatic rings. The van der Waals surface area contributed by atoms with Crippen molar-refractivity contribution >= 4 is 33.7 Å². The minimum Gasteiger partial charge on any atom is -0.0984 e. The summed E-state index contributed by atoms with van der Waals surface area (Å²) >= 11 is 0. The van der Waals surface area contributed by atoms with Gasteiger partial charge in [-0.1, -0.05) is 86.0 Å². The Hall–Kier alpha value is -2.60. The van der Waals surface area contributed by atoms with Gasteiger partial charge in [0.05, 0.1) is 0 Å². The maximum absolute atomic E-state index is 3.94. The zero-order valence-electron chi connectivity index (χ0n) is 11.3. The minimum atomic E-state index is 1.17. The molecule has 3 rings (SSSR count). The topological polar surface area (TPSA) is 0 Å². The van der Waals surface area contributed by atoms with Gasteiger partial charge in [0, 0.05) is 0 Å². The first-order valence-corrected chi connectivity index (χ1v) is 6.70. The highest BCUT2D eigenvalue weighted by atomic mass is 14.0. The first-order chi connectivity index (χ1) is 9.83. The standard InChI is InChI=1S/C20H16/c1-3-19-15-7-5-8-16(19)12-14-18-10-6-9-17(13-11-15)20(18)4-2/h3-14H,1-2H2. The van der Waals surface area contributed by atoms with E-state index in [0.29, 0.717) is 0 Å². The Morgan fingerprint density at radius 1 is 0.500 bits per heavy atom. The molecule has 0 amide bonds. The third-order valence-corrected chi connectivity index (χ3v) is 3.64. The summed E-state index contributed by atoms with van der Waals surface area (Å²) in [5.74, 6) is 0. The Balaban J connectivity index is 2.56. The molecular weight excluding hydrogens is 240 g/mol. The van der Waals surface area contributed by atoms with E-state index in [4.69, 9.17) is 0 Å². The molecule has 96 valence electrons. The maximum Gasteiger partial charge on any atom is -0.0117 e. The van der Waals surface area contributed by atoms with Gasteiger partial charge in [-0.05, 0) is 32.7 Å². The van der Waals surface area contributed by atoms with Crippen LogP contribution in [0.25, 0.3) is 33.7 Å². The predicted molar refractivity (Wildman–Crippen MR) is 90.5 cm³/mol. The third-order valence-electron chi connectivity index (χ3n) is 3.64. The lowest BCUT2D eigenvalue weighted by Crippen LogP contribution is -1.79. The fourth-order valence-corrected chi connectivity index (χ4v) is 2.62. The Bertz CT molecular complexity index is 709. The summed E-state index contributed by atoms with van der Waals surface area (Å²) in [5.41, 5.74) is 2.34. The van der Waals surface area contributed by atoms with Gasteiger partial charge in [-0.2, -0.15) is 0 Å². The van der Waals surface area contributed by atoms with Crippen molar-refractivity contribution in [1.82, 2.24) is 0 Å². The number of benzene rings is 2. The summed E-state index contributed by atoms with van der Waals surface area (Å²) in [6, 6.07) is 21.2. The van der Waals surface area contributed by atoms with Crippen LogP contribution in [-0.2, 0) is 0 Å². The fraction of sp³-hybridized carbons (Fsp3) is 0. The van der Waals surface area contributed by atoms with Crippen molar-refractivity contribution in [3.63, 3.8) is 0 Å². The van der Waals surface area contributed by atoms with Gasteiger partial charge in [-0.15, -0.1) is 0 Å². The van der Waals surface area contributed by atoms with E-state index in [9.17, 15) is 0 Å². The second kappa shape index (κ2) is 5.18. The predicted octanol–water partition coefficient (Wildman–Crippen LogP) is 5.84. The van der Waals surface area contributed by atoms with Crippen LogP contribution in [0.1, 0.15) is 11.1 Å². The molecule has 3 aromatic carbocycles. The number of hydrogen-bond donors (Lipinski definition) is 0. The number of rotatable bonds is 2. The van der Waals surface area contributed by atoms with Gasteiger partial charge in [0.1, 0.15) is 0 Å². The van der Waals surface area contributed by atoms with Crippen LogP contribution in [0.15, 0.2) is 73.8 Å². The summed E-state index contributed by atoms with van der Waals surface area (Å²) in [7, 11) is 0. The lowest BCUT2D eigenvalue weighted by molar-refractivity contribution is 1.72.